The molecule has 0 spiro atoms. The molecule has 0 aromatic heterocycles. The second-order valence-electron chi connectivity index (χ2n) is 4.99. The van der Waals surface area contributed by atoms with Gasteiger partial charge in [-0.1, -0.05) is 38.3 Å². The largest absolute Gasteiger partial charge is 0.466 e. The molecule has 0 amide bonds. The van der Waals surface area contributed by atoms with Gasteiger partial charge in [0.05, 0.1) is 6.61 Å². The van der Waals surface area contributed by atoms with Gasteiger partial charge >= 0.3 is 5.97 Å². The predicted octanol–water partition coefficient (Wildman–Crippen LogP) is 4.25. The number of unbranched alkanes of at least 4 members (excludes halogenated alkanes) is 1. The Hall–Kier alpha value is -0.790. The van der Waals surface area contributed by atoms with Crippen molar-refractivity contribution < 1.29 is 9.53 Å². The lowest BCUT2D eigenvalue weighted by Gasteiger charge is -2.21. The number of hydrogen-bond donors (Lipinski definition) is 0. The number of ether oxygens (including phenoxy) is 1. The highest BCUT2D eigenvalue weighted by molar-refractivity contribution is 5.69. The maximum absolute atomic E-state index is 11.5. The zero-order valence-corrected chi connectivity index (χ0v) is 11.3. The lowest BCUT2D eigenvalue weighted by molar-refractivity contribution is -0.143. The van der Waals surface area contributed by atoms with E-state index in [0.29, 0.717) is 13.0 Å². The van der Waals surface area contributed by atoms with Crippen molar-refractivity contribution in [3.63, 3.8) is 0 Å². The first-order chi connectivity index (χ1) is 8.26. The Bertz CT molecular complexity index is 256. The van der Waals surface area contributed by atoms with Crippen molar-refractivity contribution in [2.75, 3.05) is 6.61 Å². The summed E-state index contributed by atoms with van der Waals surface area (Å²) < 4.78 is 5.16. The van der Waals surface area contributed by atoms with Gasteiger partial charge in [0.25, 0.3) is 0 Å². The molecule has 0 saturated carbocycles. The molecule has 0 radical (unpaired) electrons. The van der Waals surface area contributed by atoms with Gasteiger partial charge in [0.15, 0.2) is 0 Å². The Morgan fingerprint density at radius 3 is 3.00 bits per heavy atom. The number of allylic oxidation sites excluding steroid dienone is 2. The Kier molecular flexibility index (Phi) is 6.99. The Balaban J connectivity index is 2.17. The fraction of sp³-hybridized carbons (Fsp3) is 0.800. The van der Waals surface area contributed by atoms with Gasteiger partial charge in [-0.2, -0.15) is 0 Å². The molecule has 0 saturated heterocycles. The first kappa shape index (κ1) is 14.3. The molecule has 0 fully saturated rings. The van der Waals surface area contributed by atoms with Crippen LogP contribution >= 0.6 is 0 Å². The minimum atomic E-state index is -0.0297. The Labute approximate surface area is 105 Å². The van der Waals surface area contributed by atoms with Crippen LogP contribution in [-0.2, 0) is 9.53 Å². The normalized spacial score (nSPS) is 19.9. The number of carbonyl (C=O) groups is 1. The Morgan fingerprint density at radius 1 is 1.47 bits per heavy atom. The molecular weight excluding hydrogens is 212 g/mol. The van der Waals surface area contributed by atoms with Gasteiger partial charge in [-0.15, -0.1) is 0 Å². The summed E-state index contributed by atoms with van der Waals surface area (Å²) >= 11 is 0. The van der Waals surface area contributed by atoms with E-state index in [4.69, 9.17) is 4.74 Å². The number of esters is 1. The van der Waals surface area contributed by atoms with Gasteiger partial charge in [-0.25, -0.2) is 0 Å². The standard InChI is InChI=1S/C15H26O2/c1-3-5-11-17-15(16)10-9-14-8-6-7-13(4-2)12-14/h8,13H,3-7,9-12H2,1-2H3. The second-order valence-corrected chi connectivity index (χ2v) is 4.99. The molecule has 98 valence electrons. The van der Waals surface area contributed by atoms with Crippen LogP contribution in [0.15, 0.2) is 11.6 Å². The first-order valence-electron chi connectivity index (χ1n) is 7.09. The fourth-order valence-electron chi connectivity index (χ4n) is 2.30. The number of rotatable bonds is 7. The summed E-state index contributed by atoms with van der Waals surface area (Å²) in [4.78, 5) is 11.5. The summed E-state index contributed by atoms with van der Waals surface area (Å²) in [5.41, 5.74) is 1.47. The lowest BCUT2D eigenvalue weighted by Crippen LogP contribution is -2.09. The first-order valence-corrected chi connectivity index (χ1v) is 7.09. The molecule has 0 aromatic carbocycles. The molecule has 17 heavy (non-hydrogen) atoms. The van der Waals surface area contributed by atoms with Crippen LogP contribution in [0.1, 0.15) is 65.2 Å². The summed E-state index contributed by atoms with van der Waals surface area (Å²) in [6.07, 6.45) is 10.8. The minimum absolute atomic E-state index is 0.0297. The second kappa shape index (κ2) is 8.32. The monoisotopic (exact) mass is 238 g/mol. The van der Waals surface area contributed by atoms with Crippen LogP contribution in [0.2, 0.25) is 0 Å². The van der Waals surface area contributed by atoms with E-state index in [1.165, 1.54) is 31.3 Å². The van der Waals surface area contributed by atoms with Gasteiger partial charge in [-0.05, 0) is 38.0 Å². The number of hydrogen-bond acceptors (Lipinski definition) is 2. The molecule has 1 atom stereocenters. The fourth-order valence-corrected chi connectivity index (χ4v) is 2.30. The predicted molar refractivity (Wildman–Crippen MR) is 70.8 cm³/mol. The summed E-state index contributed by atoms with van der Waals surface area (Å²) in [5.74, 6) is 0.809. The van der Waals surface area contributed by atoms with Crippen LogP contribution in [0.5, 0.6) is 0 Å². The van der Waals surface area contributed by atoms with Gasteiger partial charge in [0.2, 0.25) is 0 Å². The maximum Gasteiger partial charge on any atom is 0.306 e. The van der Waals surface area contributed by atoms with Gasteiger partial charge in [0.1, 0.15) is 0 Å². The highest BCUT2D eigenvalue weighted by Crippen LogP contribution is 2.28. The van der Waals surface area contributed by atoms with E-state index in [-0.39, 0.29) is 5.97 Å². The van der Waals surface area contributed by atoms with E-state index in [2.05, 4.69) is 19.9 Å². The zero-order valence-electron chi connectivity index (χ0n) is 11.3. The van der Waals surface area contributed by atoms with Crippen molar-refractivity contribution in [3.05, 3.63) is 11.6 Å². The molecule has 1 rings (SSSR count). The van der Waals surface area contributed by atoms with Crippen LogP contribution in [0.4, 0.5) is 0 Å². The molecule has 2 heteroatoms. The molecule has 1 aliphatic carbocycles. The van der Waals surface area contributed by atoms with Crippen LogP contribution in [0.3, 0.4) is 0 Å². The highest BCUT2D eigenvalue weighted by atomic mass is 16.5. The molecular formula is C15H26O2. The third kappa shape index (κ3) is 5.90. The van der Waals surface area contributed by atoms with E-state index in [9.17, 15) is 4.79 Å². The maximum atomic E-state index is 11.5. The molecule has 0 N–H and O–H groups in total. The Morgan fingerprint density at radius 2 is 2.29 bits per heavy atom. The average molecular weight is 238 g/mol. The average Bonchev–Trinajstić information content (AvgIpc) is 2.37. The number of carbonyl (C=O) groups excluding carboxylic acids is 1. The van der Waals surface area contributed by atoms with E-state index in [0.717, 1.165) is 25.2 Å². The van der Waals surface area contributed by atoms with Crippen molar-refractivity contribution in [2.24, 2.45) is 5.92 Å². The molecule has 0 bridgehead atoms. The van der Waals surface area contributed by atoms with Crippen molar-refractivity contribution in [3.8, 4) is 0 Å². The molecule has 1 aliphatic rings. The summed E-state index contributed by atoms with van der Waals surface area (Å²) in [5, 5.41) is 0. The zero-order chi connectivity index (χ0) is 12.5. The van der Waals surface area contributed by atoms with Crippen LogP contribution in [0.25, 0.3) is 0 Å². The van der Waals surface area contributed by atoms with Crippen molar-refractivity contribution >= 4 is 5.97 Å². The summed E-state index contributed by atoms with van der Waals surface area (Å²) in [6.45, 7) is 4.95. The van der Waals surface area contributed by atoms with Crippen molar-refractivity contribution in [1.82, 2.24) is 0 Å². The quantitative estimate of drug-likeness (QED) is 0.376. The van der Waals surface area contributed by atoms with Crippen LogP contribution < -0.4 is 0 Å². The smallest absolute Gasteiger partial charge is 0.306 e. The molecule has 0 aliphatic heterocycles. The molecule has 1 unspecified atom stereocenters. The van der Waals surface area contributed by atoms with Crippen LogP contribution in [-0.4, -0.2) is 12.6 Å². The van der Waals surface area contributed by atoms with Gasteiger partial charge < -0.3 is 4.74 Å². The highest BCUT2D eigenvalue weighted by Gasteiger charge is 2.14. The third-order valence-electron chi connectivity index (χ3n) is 3.55. The summed E-state index contributed by atoms with van der Waals surface area (Å²) in [7, 11) is 0. The van der Waals surface area contributed by atoms with Crippen LogP contribution in [0, 0.1) is 5.92 Å². The van der Waals surface area contributed by atoms with Crippen molar-refractivity contribution in [1.29, 1.82) is 0 Å². The molecule has 0 heterocycles. The SMILES string of the molecule is CCCCOC(=O)CCC1=CCCC(CC)C1. The van der Waals surface area contributed by atoms with Gasteiger partial charge in [-0.3, -0.25) is 4.79 Å². The van der Waals surface area contributed by atoms with E-state index < -0.39 is 0 Å². The van der Waals surface area contributed by atoms with Crippen molar-refractivity contribution in [2.45, 2.75) is 65.2 Å². The van der Waals surface area contributed by atoms with E-state index >= 15 is 0 Å². The van der Waals surface area contributed by atoms with E-state index in [1.54, 1.807) is 0 Å². The van der Waals surface area contributed by atoms with Gasteiger partial charge in [0, 0.05) is 6.42 Å². The minimum Gasteiger partial charge on any atom is -0.466 e. The molecule has 0 aromatic rings. The molecule has 2 nitrogen and oxygen atoms in total. The third-order valence-corrected chi connectivity index (χ3v) is 3.55. The summed E-state index contributed by atoms with van der Waals surface area (Å²) in [6, 6.07) is 0. The topological polar surface area (TPSA) is 26.3 Å². The van der Waals surface area contributed by atoms with E-state index in [1.807, 2.05) is 0 Å². The lowest BCUT2D eigenvalue weighted by atomic mass is 9.85.